The average Bonchev–Trinajstić information content (AvgIpc) is 2.55. The molecule has 0 bridgehead atoms. The van der Waals surface area contributed by atoms with E-state index in [1.54, 1.807) is 0 Å². The fraction of sp³-hybridized carbons (Fsp3) is 0.727. The Hall–Kier alpha value is -0.150. The molecule has 2 N–H and O–H groups in total. The highest BCUT2D eigenvalue weighted by atomic mass is 79.9. The van der Waals surface area contributed by atoms with E-state index in [-0.39, 0.29) is 0 Å². The number of alkyl halides is 1. The molecule has 76 valence electrons. The minimum absolute atomic E-state index is 0.492. The third kappa shape index (κ3) is 1.22. The van der Waals surface area contributed by atoms with Gasteiger partial charge in [-0.25, -0.2) is 0 Å². The van der Waals surface area contributed by atoms with Crippen molar-refractivity contribution >= 4 is 21.6 Å². The number of nitrogens with one attached hydrogen (secondary N) is 2. The highest BCUT2D eigenvalue weighted by Gasteiger charge is 2.47. The predicted molar refractivity (Wildman–Crippen MR) is 61.1 cm³/mol. The lowest BCUT2D eigenvalue weighted by Gasteiger charge is -2.40. The molecule has 1 saturated carbocycles. The molecule has 0 radical (unpaired) electrons. The maximum absolute atomic E-state index is 7.88. The van der Waals surface area contributed by atoms with Gasteiger partial charge in [0.05, 0.1) is 0 Å². The minimum atomic E-state index is 0.492. The van der Waals surface area contributed by atoms with E-state index in [1.807, 2.05) is 0 Å². The lowest BCUT2D eigenvalue weighted by Crippen LogP contribution is -2.42. The molecule has 3 heteroatoms. The molecule has 0 spiro atoms. The molecule has 0 aromatic carbocycles. The van der Waals surface area contributed by atoms with Gasteiger partial charge in [0.1, 0.15) is 0 Å². The van der Waals surface area contributed by atoms with Gasteiger partial charge in [-0.15, -0.1) is 0 Å². The Kier molecular flexibility index (Phi) is 2.06. The largest absolute Gasteiger partial charge is 0.310 e. The van der Waals surface area contributed by atoms with Crippen molar-refractivity contribution in [3.05, 3.63) is 12.2 Å². The van der Waals surface area contributed by atoms with E-state index in [9.17, 15) is 0 Å². The van der Waals surface area contributed by atoms with Crippen molar-refractivity contribution in [2.45, 2.75) is 23.7 Å². The van der Waals surface area contributed by atoms with E-state index in [1.165, 1.54) is 0 Å². The first kappa shape index (κ1) is 9.10. The van der Waals surface area contributed by atoms with Crippen LogP contribution >= 0.6 is 15.9 Å². The normalized spacial score (nSPS) is 50.6. The lowest BCUT2D eigenvalue weighted by atomic mass is 9.67. The molecule has 1 aliphatic heterocycles. The Morgan fingerprint density at radius 3 is 3.07 bits per heavy atom. The molecule has 0 aromatic rings. The summed E-state index contributed by atoms with van der Waals surface area (Å²) in [5, 5.41) is 11.4. The molecule has 0 amide bonds. The highest BCUT2D eigenvalue weighted by molar-refractivity contribution is 9.09. The summed E-state index contributed by atoms with van der Waals surface area (Å²) in [6, 6.07) is 0.590. The van der Waals surface area contributed by atoms with Gasteiger partial charge in [-0.1, -0.05) is 28.1 Å². The Morgan fingerprint density at radius 1 is 1.36 bits per heavy atom. The Morgan fingerprint density at radius 2 is 2.21 bits per heavy atom. The number of rotatable bonds is 0. The number of hydrogen-bond acceptors (Lipinski definition) is 2. The van der Waals surface area contributed by atoms with Crippen LogP contribution in [0.3, 0.4) is 0 Å². The van der Waals surface area contributed by atoms with Crippen LogP contribution in [0.25, 0.3) is 0 Å². The second kappa shape index (κ2) is 3.17. The summed E-state index contributed by atoms with van der Waals surface area (Å²) in [5.41, 5.74) is 0.957. The third-order valence-electron chi connectivity index (χ3n) is 3.97. The number of hydrogen-bond donors (Lipinski definition) is 2. The highest BCUT2D eigenvalue weighted by Crippen LogP contribution is 2.45. The van der Waals surface area contributed by atoms with E-state index in [4.69, 9.17) is 5.41 Å². The molecule has 2 nitrogen and oxygen atoms in total. The molecule has 2 aliphatic carbocycles. The zero-order chi connectivity index (χ0) is 9.71. The number of allylic oxidation sites excluding steroid dienone is 1. The van der Waals surface area contributed by atoms with Gasteiger partial charge in [0, 0.05) is 16.6 Å². The Bertz CT molecular complexity index is 300. The van der Waals surface area contributed by atoms with Crippen molar-refractivity contribution < 1.29 is 0 Å². The summed E-state index contributed by atoms with van der Waals surface area (Å²) in [7, 11) is 0. The molecule has 5 atom stereocenters. The van der Waals surface area contributed by atoms with Gasteiger partial charge in [0.2, 0.25) is 0 Å². The van der Waals surface area contributed by atoms with E-state index >= 15 is 0 Å². The summed E-state index contributed by atoms with van der Waals surface area (Å²) in [6.07, 6.45) is 6.60. The Balaban J connectivity index is 1.96. The summed E-state index contributed by atoms with van der Waals surface area (Å²) < 4.78 is 0. The van der Waals surface area contributed by atoms with Crippen LogP contribution in [0.4, 0.5) is 0 Å². The van der Waals surface area contributed by atoms with Gasteiger partial charge in [-0.3, -0.25) is 0 Å². The molecular weight excluding hydrogens is 240 g/mol. The molecule has 3 rings (SSSR count). The lowest BCUT2D eigenvalue weighted by molar-refractivity contribution is 0.244. The standard InChI is InChI=1S/C11H15BrN2/c12-9-1-2-10-11-6(5-14-10)3-7(13)4-8(9)11/h1-2,6,8-11,13-14H,3-5H2. The molecule has 5 unspecified atom stereocenters. The first-order valence-corrected chi connectivity index (χ1v) is 6.29. The van der Waals surface area contributed by atoms with Gasteiger partial charge in [0.25, 0.3) is 0 Å². The van der Waals surface area contributed by atoms with Crippen LogP contribution in [0.2, 0.25) is 0 Å². The molecule has 2 fully saturated rings. The van der Waals surface area contributed by atoms with Gasteiger partial charge in [0.15, 0.2) is 0 Å². The minimum Gasteiger partial charge on any atom is -0.310 e. The van der Waals surface area contributed by atoms with Crippen LogP contribution < -0.4 is 5.32 Å². The summed E-state index contributed by atoms with van der Waals surface area (Å²) >= 11 is 3.73. The SMILES string of the molecule is N=C1CC2CNC3C=CC(Br)C(C1)C23. The average molecular weight is 255 g/mol. The van der Waals surface area contributed by atoms with Crippen LogP contribution in [0, 0.1) is 23.2 Å². The van der Waals surface area contributed by atoms with Crippen molar-refractivity contribution in [3.8, 4) is 0 Å². The molecule has 1 saturated heterocycles. The van der Waals surface area contributed by atoms with Crippen LogP contribution in [-0.4, -0.2) is 23.1 Å². The molecule has 14 heavy (non-hydrogen) atoms. The zero-order valence-corrected chi connectivity index (χ0v) is 9.63. The van der Waals surface area contributed by atoms with Gasteiger partial charge < -0.3 is 10.7 Å². The summed E-state index contributed by atoms with van der Waals surface area (Å²) in [4.78, 5) is 0.492. The van der Waals surface area contributed by atoms with Gasteiger partial charge >= 0.3 is 0 Å². The first-order chi connectivity index (χ1) is 6.75. The van der Waals surface area contributed by atoms with Crippen molar-refractivity contribution in [3.63, 3.8) is 0 Å². The van der Waals surface area contributed by atoms with E-state index in [0.717, 1.165) is 36.9 Å². The molecule has 0 aromatic heterocycles. The summed E-state index contributed by atoms with van der Waals surface area (Å²) in [6.45, 7) is 1.11. The van der Waals surface area contributed by atoms with E-state index in [2.05, 4.69) is 33.4 Å². The number of halogens is 1. The van der Waals surface area contributed by atoms with Crippen LogP contribution in [-0.2, 0) is 0 Å². The van der Waals surface area contributed by atoms with Gasteiger partial charge in [-0.2, -0.15) is 0 Å². The zero-order valence-electron chi connectivity index (χ0n) is 8.04. The van der Waals surface area contributed by atoms with Crippen molar-refractivity contribution in [2.75, 3.05) is 6.54 Å². The monoisotopic (exact) mass is 254 g/mol. The fourth-order valence-electron chi connectivity index (χ4n) is 3.39. The maximum atomic E-state index is 7.88. The second-order valence-electron chi connectivity index (χ2n) is 4.78. The third-order valence-corrected chi connectivity index (χ3v) is 4.96. The predicted octanol–water partition coefficient (Wildman–Crippen LogP) is 1.95. The van der Waals surface area contributed by atoms with E-state index in [0.29, 0.717) is 16.8 Å². The van der Waals surface area contributed by atoms with Crippen molar-refractivity contribution in [2.24, 2.45) is 17.8 Å². The smallest absolute Gasteiger partial charge is 0.0361 e. The van der Waals surface area contributed by atoms with Crippen LogP contribution in [0.1, 0.15) is 12.8 Å². The second-order valence-corrected chi connectivity index (χ2v) is 5.83. The Labute approximate surface area is 92.8 Å². The summed E-state index contributed by atoms with van der Waals surface area (Å²) in [5.74, 6) is 2.15. The fourth-order valence-corrected chi connectivity index (χ4v) is 4.10. The topological polar surface area (TPSA) is 35.9 Å². The molecule has 3 aliphatic rings. The maximum Gasteiger partial charge on any atom is 0.0361 e. The van der Waals surface area contributed by atoms with Crippen LogP contribution in [0.5, 0.6) is 0 Å². The first-order valence-electron chi connectivity index (χ1n) is 5.38. The quantitative estimate of drug-likeness (QED) is 0.503. The molecule has 1 heterocycles. The van der Waals surface area contributed by atoms with Crippen molar-refractivity contribution in [1.29, 1.82) is 5.41 Å². The van der Waals surface area contributed by atoms with E-state index < -0.39 is 0 Å². The molecular formula is C11H15BrN2. The van der Waals surface area contributed by atoms with Gasteiger partial charge in [-0.05, 0) is 37.1 Å². The van der Waals surface area contributed by atoms with Crippen molar-refractivity contribution in [1.82, 2.24) is 5.32 Å². The van der Waals surface area contributed by atoms with Crippen LogP contribution in [0.15, 0.2) is 12.2 Å².